The molecule has 0 bridgehead atoms. The Labute approximate surface area is 143 Å². The third-order valence-electron chi connectivity index (χ3n) is 4.20. The van der Waals surface area contributed by atoms with Crippen molar-refractivity contribution >= 4 is 17.2 Å². The Kier molecular flexibility index (Phi) is 7.60. The van der Waals surface area contributed by atoms with E-state index in [1.54, 1.807) is 0 Å². The van der Waals surface area contributed by atoms with Gasteiger partial charge in [0.05, 0.1) is 6.54 Å². The molecule has 1 saturated heterocycles. The molecule has 0 saturated carbocycles. The van der Waals surface area contributed by atoms with Crippen molar-refractivity contribution in [2.75, 3.05) is 39.8 Å². The number of piperidine rings is 1. The average Bonchev–Trinajstić information content (AvgIpc) is 3.04. The van der Waals surface area contributed by atoms with E-state index < -0.39 is 0 Å². The molecule has 2 heterocycles. The first-order chi connectivity index (χ1) is 11.2. The summed E-state index contributed by atoms with van der Waals surface area (Å²) >= 11 is 1.82. The molecule has 5 heteroatoms. The smallest absolute Gasteiger partial charge is 0.234 e. The van der Waals surface area contributed by atoms with Gasteiger partial charge in [0.25, 0.3) is 0 Å². The van der Waals surface area contributed by atoms with Crippen LogP contribution in [0.5, 0.6) is 0 Å². The summed E-state index contributed by atoms with van der Waals surface area (Å²) in [6.45, 7) is 5.25. The number of thiophene rings is 1. The van der Waals surface area contributed by atoms with Gasteiger partial charge in [-0.25, -0.2) is 0 Å². The van der Waals surface area contributed by atoms with Gasteiger partial charge in [-0.15, -0.1) is 23.7 Å². The molecule has 0 radical (unpaired) electrons. The molecule has 1 atom stereocenters. The Balaban J connectivity index is 1.66. The molecule has 2 rings (SSSR count). The van der Waals surface area contributed by atoms with Crippen LogP contribution in [0.25, 0.3) is 0 Å². The fourth-order valence-electron chi connectivity index (χ4n) is 2.98. The standard InChI is InChI=1S/C18H27N3OS/c1-3-4-9-20(2)15-18(22)19-12-16-7-5-10-21(13-16)14-17-8-6-11-23-17/h1,6,8,11,16H,4-5,7,9-10,12-15H2,2H3,(H,19,22)/t16-/m1/s1. The minimum absolute atomic E-state index is 0.0971. The highest BCUT2D eigenvalue weighted by Crippen LogP contribution is 2.19. The lowest BCUT2D eigenvalue weighted by molar-refractivity contribution is -0.122. The zero-order valence-electron chi connectivity index (χ0n) is 14.0. The van der Waals surface area contributed by atoms with Gasteiger partial charge in [-0.1, -0.05) is 6.07 Å². The Morgan fingerprint density at radius 2 is 2.48 bits per heavy atom. The molecule has 1 fully saturated rings. The predicted octanol–water partition coefficient (Wildman–Crippen LogP) is 2.03. The maximum atomic E-state index is 12.0. The summed E-state index contributed by atoms with van der Waals surface area (Å²) in [7, 11) is 1.93. The van der Waals surface area contributed by atoms with E-state index in [1.807, 2.05) is 23.3 Å². The molecule has 23 heavy (non-hydrogen) atoms. The molecule has 1 N–H and O–H groups in total. The number of likely N-dealkylation sites (N-methyl/N-ethyl adjacent to an activating group) is 1. The van der Waals surface area contributed by atoms with E-state index in [2.05, 4.69) is 33.6 Å². The third-order valence-corrected chi connectivity index (χ3v) is 5.06. The van der Waals surface area contributed by atoms with Crippen LogP contribution in [-0.4, -0.2) is 55.5 Å². The van der Waals surface area contributed by atoms with Crippen LogP contribution in [0.4, 0.5) is 0 Å². The average molecular weight is 334 g/mol. The van der Waals surface area contributed by atoms with Crippen molar-refractivity contribution in [2.24, 2.45) is 5.92 Å². The molecule has 0 spiro atoms. The number of likely N-dealkylation sites (tertiary alicyclic amines) is 1. The Morgan fingerprint density at radius 3 is 3.22 bits per heavy atom. The first-order valence-corrected chi connectivity index (χ1v) is 9.18. The molecule has 1 aromatic rings. The van der Waals surface area contributed by atoms with E-state index in [9.17, 15) is 4.79 Å². The van der Waals surface area contributed by atoms with E-state index in [-0.39, 0.29) is 5.91 Å². The molecule has 0 unspecified atom stereocenters. The van der Waals surface area contributed by atoms with Gasteiger partial charge in [0.1, 0.15) is 0 Å². The number of terminal acetylenes is 1. The molecule has 126 valence electrons. The Bertz CT molecular complexity index is 509. The van der Waals surface area contributed by atoms with Gasteiger partial charge in [-0.05, 0) is 43.8 Å². The van der Waals surface area contributed by atoms with Gasteiger partial charge < -0.3 is 5.32 Å². The lowest BCUT2D eigenvalue weighted by Crippen LogP contribution is -2.42. The quantitative estimate of drug-likeness (QED) is 0.740. The number of amides is 1. The monoisotopic (exact) mass is 333 g/mol. The number of carbonyl (C=O) groups is 1. The van der Waals surface area contributed by atoms with Gasteiger partial charge >= 0.3 is 0 Å². The summed E-state index contributed by atoms with van der Waals surface area (Å²) in [5, 5.41) is 5.22. The molecule has 4 nitrogen and oxygen atoms in total. The maximum absolute atomic E-state index is 12.0. The van der Waals surface area contributed by atoms with E-state index in [0.717, 1.165) is 32.7 Å². The van der Waals surface area contributed by atoms with Crippen molar-refractivity contribution in [3.05, 3.63) is 22.4 Å². The molecular weight excluding hydrogens is 306 g/mol. The summed E-state index contributed by atoms with van der Waals surface area (Å²) in [5.41, 5.74) is 0. The van der Waals surface area contributed by atoms with Crippen LogP contribution >= 0.6 is 11.3 Å². The molecule has 1 aromatic heterocycles. The zero-order valence-corrected chi connectivity index (χ0v) is 14.8. The molecular formula is C18H27N3OS. The molecule has 1 aliphatic heterocycles. The van der Waals surface area contributed by atoms with Crippen LogP contribution in [0.15, 0.2) is 17.5 Å². The first kappa shape index (κ1) is 18.0. The fourth-order valence-corrected chi connectivity index (χ4v) is 3.72. The fraction of sp³-hybridized carbons (Fsp3) is 0.611. The highest BCUT2D eigenvalue weighted by atomic mass is 32.1. The summed E-state index contributed by atoms with van der Waals surface area (Å²) in [6, 6.07) is 4.31. The van der Waals surface area contributed by atoms with E-state index in [4.69, 9.17) is 6.42 Å². The first-order valence-electron chi connectivity index (χ1n) is 8.31. The van der Waals surface area contributed by atoms with Crippen molar-refractivity contribution < 1.29 is 4.79 Å². The van der Waals surface area contributed by atoms with Crippen LogP contribution in [0, 0.1) is 18.3 Å². The van der Waals surface area contributed by atoms with E-state index >= 15 is 0 Å². The van der Waals surface area contributed by atoms with Gasteiger partial charge in [0.15, 0.2) is 0 Å². The summed E-state index contributed by atoms with van der Waals surface area (Å²) in [4.78, 5) is 17.9. The second-order valence-electron chi connectivity index (χ2n) is 6.32. The lowest BCUT2D eigenvalue weighted by atomic mass is 9.98. The second kappa shape index (κ2) is 9.71. The third kappa shape index (κ3) is 6.74. The van der Waals surface area contributed by atoms with Crippen LogP contribution in [0.2, 0.25) is 0 Å². The summed E-state index contributed by atoms with van der Waals surface area (Å²) in [5.74, 6) is 3.26. The topological polar surface area (TPSA) is 35.6 Å². The number of hydrogen-bond acceptors (Lipinski definition) is 4. The lowest BCUT2D eigenvalue weighted by Gasteiger charge is -2.32. The van der Waals surface area contributed by atoms with Crippen molar-refractivity contribution in [3.63, 3.8) is 0 Å². The van der Waals surface area contributed by atoms with Gasteiger partial charge in [0, 0.05) is 37.5 Å². The SMILES string of the molecule is C#CCCN(C)CC(=O)NC[C@H]1CCCN(Cc2cccs2)C1. The minimum Gasteiger partial charge on any atom is -0.355 e. The van der Waals surface area contributed by atoms with Crippen LogP contribution in [-0.2, 0) is 11.3 Å². The van der Waals surface area contributed by atoms with Crippen LogP contribution in [0.1, 0.15) is 24.1 Å². The number of nitrogens with zero attached hydrogens (tertiary/aromatic N) is 2. The largest absolute Gasteiger partial charge is 0.355 e. The molecule has 0 aliphatic carbocycles. The number of rotatable bonds is 8. The van der Waals surface area contributed by atoms with E-state index in [1.165, 1.54) is 17.7 Å². The molecule has 1 amide bonds. The van der Waals surface area contributed by atoms with Crippen molar-refractivity contribution in [1.82, 2.24) is 15.1 Å². The molecule has 1 aliphatic rings. The highest BCUT2D eigenvalue weighted by Gasteiger charge is 2.20. The van der Waals surface area contributed by atoms with Gasteiger partial charge in [-0.2, -0.15) is 0 Å². The predicted molar refractivity (Wildman–Crippen MR) is 96.3 cm³/mol. The van der Waals surface area contributed by atoms with Crippen molar-refractivity contribution in [3.8, 4) is 12.3 Å². The number of carbonyl (C=O) groups excluding carboxylic acids is 1. The highest BCUT2D eigenvalue weighted by molar-refractivity contribution is 7.09. The van der Waals surface area contributed by atoms with E-state index in [0.29, 0.717) is 18.9 Å². The van der Waals surface area contributed by atoms with Crippen molar-refractivity contribution in [2.45, 2.75) is 25.8 Å². The van der Waals surface area contributed by atoms with Crippen LogP contribution < -0.4 is 5.32 Å². The number of hydrogen-bond donors (Lipinski definition) is 1. The Morgan fingerprint density at radius 1 is 1.61 bits per heavy atom. The zero-order chi connectivity index (χ0) is 16.5. The second-order valence-corrected chi connectivity index (χ2v) is 7.35. The normalized spacial score (nSPS) is 18.7. The van der Waals surface area contributed by atoms with Crippen molar-refractivity contribution in [1.29, 1.82) is 0 Å². The minimum atomic E-state index is 0.0971. The maximum Gasteiger partial charge on any atom is 0.234 e. The van der Waals surface area contributed by atoms with Crippen LogP contribution in [0.3, 0.4) is 0 Å². The number of nitrogens with one attached hydrogen (secondary N) is 1. The van der Waals surface area contributed by atoms with Gasteiger partial charge in [-0.3, -0.25) is 14.6 Å². The molecule has 0 aromatic carbocycles. The Hall–Kier alpha value is -1.35. The van der Waals surface area contributed by atoms with Gasteiger partial charge in [0.2, 0.25) is 5.91 Å². The summed E-state index contributed by atoms with van der Waals surface area (Å²) < 4.78 is 0. The summed E-state index contributed by atoms with van der Waals surface area (Å²) in [6.07, 6.45) is 8.35.